The van der Waals surface area contributed by atoms with Crippen LogP contribution in [0.25, 0.3) is 10.1 Å². The van der Waals surface area contributed by atoms with Crippen LogP contribution < -0.4 is 5.32 Å². The molecule has 0 radical (unpaired) electrons. The van der Waals surface area contributed by atoms with Crippen molar-refractivity contribution in [2.45, 2.75) is 68.8 Å². The molecule has 3 fully saturated rings. The maximum Gasteiger partial charge on any atom is 0.253 e. The standard InChI is InChI=1S/C30H34N4O5S2/c35-26-17-34(41(38,39)19-21-9-6-13-31-16-21)25-12-14-33(28(25)26)30(37)24(15-20-7-2-1-3-8-20)32-29(36)23-18-40-27-11-5-4-10-22(23)27/h4-6,9-11,13,16,18,20,24-25,28H,1-3,7-8,12,14-15,17,19H2,(H,32,36). The second kappa shape index (κ2) is 11.6. The van der Waals surface area contributed by atoms with Crippen molar-refractivity contribution in [2.75, 3.05) is 13.1 Å². The van der Waals surface area contributed by atoms with Crippen molar-refractivity contribution < 1.29 is 22.8 Å². The van der Waals surface area contributed by atoms with Gasteiger partial charge in [0.25, 0.3) is 5.91 Å². The molecule has 1 N–H and O–H groups in total. The van der Waals surface area contributed by atoms with Gasteiger partial charge in [-0.2, -0.15) is 4.31 Å². The molecule has 3 atom stereocenters. The first-order valence-corrected chi connectivity index (χ1v) is 16.8. The van der Waals surface area contributed by atoms with Gasteiger partial charge in [0.05, 0.1) is 23.9 Å². The zero-order valence-electron chi connectivity index (χ0n) is 22.8. The molecule has 2 saturated heterocycles. The summed E-state index contributed by atoms with van der Waals surface area (Å²) in [5.74, 6) is -0.810. The van der Waals surface area contributed by atoms with Gasteiger partial charge in [0.15, 0.2) is 5.78 Å². The van der Waals surface area contributed by atoms with Crippen LogP contribution in [0.4, 0.5) is 0 Å². The number of carbonyl (C=O) groups is 3. The van der Waals surface area contributed by atoms with Crippen LogP contribution in [0.2, 0.25) is 0 Å². The van der Waals surface area contributed by atoms with Crippen molar-refractivity contribution in [2.24, 2.45) is 5.92 Å². The number of fused-ring (bicyclic) bond motifs is 2. The molecule has 2 aliphatic heterocycles. The van der Waals surface area contributed by atoms with Crippen LogP contribution in [-0.4, -0.2) is 71.4 Å². The van der Waals surface area contributed by atoms with Gasteiger partial charge < -0.3 is 10.2 Å². The number of aromatic nitrogens is 1. The summed E-state index contributed by atoms with van der Waals surface area (Å²) in [6.45, 7) is 0.0273. The molecular weight excluding hydrogens is 560 g/mol. The number of likely N-dealkylation sites (tertiary alicyclic amines) is 1. The molecule has 216 valence electrons. The molecule has 0 bridgehead atoms. The first-order valence-electron chi connectivity index (χ1n) is 14.3. The third-order valence-electron chi connectivity index (χ3n) is 8.71. The Morgan fingerprint density at radius 2 is 1.88 bits per heavy atom. The molecular formula is C30H34N4O5S2. The Morgan fingerprint density at radius 3 is 2.66 bits per heavy atom. The van der Waals surface area contributed by atoms with Gasteiger partial charge in [0.2, 0.25) is 15.9 Å². The lowest BCUT2D eigenvalue weighted by molar-refractivity contribution is -0.138. The molecule has 2 aromatic heterocycles. The number of rotatable bonds is 8. The summed E-state index contributed by atoms with van der Waals surface area (Å²) in [4.78, 5) is 46.4. The molecule has 41 heavy (non-hydrogen) atoms. The highest BCUT2D eigenvalue weighted by molar-refractivity contribution is 7.88. The number of benzene rings is 1. The van der Waals surface area contributed by atoms with Gasteiger partial charge in [-0.05, 0) is 36.5 Å². The van der Waals surface area contributed by atoms with E-state index in [0.29, 0.717) is 29.9 Å². The fourth-order valence-electron chi connectivity index (χ4n) is 6.73. The zero-order chi connectivity index (χ0) is 28.6. The van der Waals surface area contributed by atoms with Gasteiger partial charge in [-0.15, -0.1) is 11.3 Å². The summed E-state index contributed by atoms with van der Waals surface area (Å²) < 4.78 is 28.9. The molecule has 6 rings (SSSR count). The van der Waals surface area contributed by atoms with E-state index >= 15 is 0 Å². The van der Waals surface area contributed by atoms with Crippen LogP contribution in [0.5, 0.6) is 0 Å². The Kier molecular flexibility index (Phi) is 7.93. The number of amides is 2. The number of sulfonamides is 1. The molecule has 1 saturated carbocycles. The van der Waals surface area contributed by atoms with Gasteiger partial charge >= 0.3 is 0 Å². The van der Waals surface area contributed by atoms with Crippen LogP contribution in [0, 0.1) is 5.92 Å². The number of pyridine rings is 1. The molecule has 4 heterocycles. The zero-order valence-corrected chi connectivity index (χ0v) is 24.4. The van der Waals surface area contributed by atoms with Gasteiger partial charge in [-0.3, -0.25) is 19.4 Å². The lowest BCUT2D eigenvalue weighted by Gasteiger charge is -2.31. The minimum Gasteiger partial charge on any atom is -0.340 e. The van der Waals surface area contributed by atoms with Crippen LogP contribution in [0.3, 0.4) is 0 Å². The molecule has 3 unspecified atom stereocenters. The molecule has 3 aromatic rings. The summed E-state index contributed by atoms with van der Waals surface area (Å²) >= 11 is 1.49. The highest BCUT2D eigenvalue weighted by Crippen LogP contribution is 2.35. The van der Waals surface area contributed by atoms with Crippen molar-refractivity contribution in [3.8, 4) is 0 Å². The first-order chi connectivity index (χ1) is 19.8. The third kappa shape index (κ3) is 5.67. The van der Waals surface area contributed by atoms with Crippen LogP contribution in [-0.2, 0) is 25.4 Å². The third-order valence-corrected chi connectivity index (χ3v) is 11.5. The SMILES string of the molecule is O=C(NC(CC1CCCCC1)C(=O)N1CCC2C1C(=O)CN2S(=O)(=O)Cc1cccnc1)c1csc2ccccc12. The number of hydrogen-bond donors (Lipinski definition) is 1. The highest BCUT2D eigenvalue weighted by atomic mass is 32.2. The number of hydrogen-bond acceptors (Lipinski definition) is 7. The Labute approximate surface area is 244 Å². The number of carbonyl (C=O) groups excluding carboxylic acids is 3. The Bertz CT molecular complexity index is 1550. The minimum absolute atomic E-state index is 0.248. The van der Waals surface area contributed by atoms with E-state index < -0.39 is 28.1 Å². The van der Waals surface area contributed by atoms with Crippen LogP contribution in [0.1, 0.15) is 60.9 Å². The highest BCUT2D eigenvalue weighted by Gasteiger charge is 2.54. The summed E-state index contributed by atoms with van der Waals surface area (Å²) in [6, 6.07) is 8.85. The fraction of sp³-hybridized carbons (Fsp3) is 0.467. The van der Waals surface area contributed by atoms with E-state index in [2.05, 4.69) is 10.3 Å². The van der Waals surface area contributed by atoms with Crippen molar-refractivity contribution in [1.82, 2.24) is 19.5 Å². The van der Waals surface area contributed by atoms with Gasteiger partial charge in [-0.1, -0.05) is 56.4 Å². The summed E-state index contributed by atoms with van der Waals surface area (Å²) in [5, 5.41) is 5.70. The molecule has 9 nitrogen and oxygen atoms in total. The summed E-state index contributed by atoms with van der Waals surface area (Å²) in [5.41, 5.74) is 1.08. The van der Waals surface area contributed by atoms with E-state index in [1.165, 1.54) is 33.2 Å². The van der Waals surface area contributed by atoms with Crippen molar-refractivity contribution in [1.29, 1.82) is 0 Å². The lowest BCUT2D eigenvalue weighted by Crippen LogP contribution is -2.53. The predicted molar refractivity (Wildman–Crippen MR) is 157 cm³/mol. The maximum absolute atomic E-state index is 14.1. The molecule has 11 heteroatoms. The fourth-order valence-corrected chi connectivity index (χ4v) is 9.38. The van der Waals surface area contributed by atoms with Crippen molar-refractivity contribution in [3.63, 3.8) is 0 Å². The van der Waals surface area contributed by atoms with Crippen molar-refractivity contribution >= 4 is 49.0 Å². The van der Waals surface area contributed by atoms with Gasteiger partial charge in [0.1, 0.15) is 12.1 Å². The second-order valence-corrected chi connectivity index (χ2v) is 14.2. The summed E-state index contributed by atoms with van der Waals surface area (Å²) in [6.07, 6.45) is 9.37. The molecule has 0 spiro atoms. The predicted octanol–water partition coefficient (Wildman–Crippen LogP) is 3.75. The lowest BCUT2D eigenvalue weighted by atomic mass is 9.84. The molecule has 3 aliphatic rings. The number of ketones is 1. The van der Waals surface area contributed by atoms with Crippen LogP contribution in [0.15, 0.2) is 54.2 Å². The Hall–Kier alpha value is -3.15. The van der Waals surface area contributed by atoms with E-state index in [9.17, 15) is 22.8 Å². The second-order valence-electron chi connectivity index (χ2n) is 11.4. The minimum atomic E-state index is -3.80. The first kappa shape index (κ1) is 28.0. The number of nitrogens with zero attached hydrogens (tertiary/aromatic N) is 3. The molecule has 1 aromatic carbocycles. The average molecular weight is 595 g/mol. The molecule has 2 amide bonds. The van der Waals surface area contributed by atoms with E-state index in [1.807, 2.05) is 29.6 Å². The van der Waals surface area contributed by atoms with E-state index in [0.717, 1.165) is 35.8 Å². The number of thiophene rings is 1. The van der Waals surface area contributed by atoms with Crippen LogP contribution >= 0.6 is 11.3 Å². The molecule has 1 aliphatic carbocycles. The van der Waals surface area contributed by atoms with Gasteiger partial charge in [0, 0.05) is 34.4 Å². The van der Waals surface area contributed by atoms with E-state index in [4.69, 9.17) is 0 Å². The number of Topliss-reactive ketones (excluding diaryl/α,β-unsaturated/α-hetero) is 1. The average Bonchev–Trinajstić information content (AvgIpc) is 3.69. The quantitative estimate of drug-likeness (QED) is 0.425. The monoisotopic (exact) mass is 594 g/mol. The maximum atomic E-state index is 14.1. The van der Waals surface area contributed by atoms with E-state index in [1.54, 1.807) is 18.3 Å². The Balaban J connectivity index is 1.22. The van der Waals surface area contributed by atoms with Gasteiger partial charge in [-0.25, -0.2) is 8.42 Å². The smallest absolute Gasteiger partial charge is 0.253 e. The summed E-state index contributed by atoms with van der Waals surface area (Å²) in [7, 11) is -3.80. The normalized spacial score (nSPS) is 22.6. The largest absolute Gasteiger partial charge is 0.340 e. The Morgan fingerprint density at radius 1 is 1.07 bits per heavy atom. The van der Waals surface area contributed by atoms with E-state index in [-0.39, 0.29) is 36.4 Å². The topological polar surface area (TPSA) is 117 Å². The number of nitrogens with one attached hydrogen (secondary N) is 1. The van der Waals surface area contributed by atoms with Crippen molar-refractivity contribution in [3.05, 3.63) is 65.3 Å².